The van der Waals surface area contributed by atoms with Crippen LogP contribution in [0, 0.1) is 24.1 Å². The zero-order chi connectivity index (χ0) is 22.7. The van der Waals surface area contributed by atoms with Gasteiger partial charge in [-0.15, -0.1) is 0 Å². The van der Waals surface area contributed by atoms with Gasteiger partial charge in [0.25, 0.3) is 5.91 Å². The Balaban J connectivity index is 2.32. The van der Waals surface area contributed by atoms with Gasteiger partial charge in [-0.1, -0.05) is 0 Å². The lowest BCUT2D eigenvalue weighted by atomic mass is 10.1. The number of nitrogens with zero attached hydrogens (tertiary/aromatic N) is 3. The van der Waals surface area contributed by atoms with Crippen molar-refractivity contribution in [3.05, 3.63) is 58.7 Å². The number of rotatable bonds is 6. The molecule has 0 bridgehead atoms. The van der Waals surface area contributed by atoms with Crippen molar-refractivity contribution in [2.45, 2.75) is 31.3 Å². The zero-order valence-electron chi connectivity index (χ0n) is 17.0. The summed E-state index contributed by atoms with van der Waals surface area (Å²) in [7, 11) is -2.53. The smallest absolute Gasteiger partial charge is 0.274 e. The van der Waals surface area contributed by atoms with Crippen molar-refractivity contribution >= 4 is 27.3 Å². The van der Waals surface area contributed by atoms with Gasteiger partial charge < -0.3 is 11.1 Å². The van der Waals surface area contributed by atoms with E-state index in [2.05, 4.69) is 15.3 Å². The van der Waals surface area contributed by atoms with Crippen LogP contribution in [-0.2, 0) is 15.6 Å². The second kappa shape index (κ2) is 8.59. The number of halogens is 1. The Morgan fingerprint density at radius 2 is 2.03 bits per heavy atom. The van der Waals surface area contributed by atoms with Gasteiger partial charge in [0.05, 0.1) is 11.3 Å². The second-order valence-corrected chi connectivity index (χ2v) is 9.68. The van der Waals surface area contributed by atoms with E-state index in [1.54, 1.807) is 6.92 Å². The predicted octanol–water partition coefficient (Wildman–Crippen LogP) is 2.33. The van der Waals surface area contributed by atoms with Crippen molar-refractivity contribution < 1.29 is 17.6 Å². The van der Waals surface area contributed by atoms with Gasteiger partial charge in [0, 0.05) is 24.5 Å². The maximum absolute atomic E-state index is 14.3. The summed E-state index contributed by atoms with van der Waals surface area (Å²) in [5.41, 5.74) is 6.71. The molecule has 0 fully saturated rings. The van der Waals surface area contributed by atoms with Gasteiger partial charge in [-0.3, -0.25) is 9.79 Å². The van der Waals surface area contributed by atoms with Crippen molar-refractivity contribution in [2.24, 2.45) is 10.7 Å². The first kappa shape index (κ1) is 23.0. The van der Waals surface area contributed by atoms with Crippen LogP contribution in [-0.4, -0.2) is 36.9 Å². The average Bonchev–Trinajstić information content (AvgIpc) is 2.69. The molecule has 1 heterocycles. The highest BCUT2D eigenvalue weighted by Crippen LogP contribution is 2.25. The minimum absolute atomic E-state index is 0.0882. The number of amidine groups is 1. The van der Waals surface area contributed by atoms with Crippen LogP contribution in [0.1, 0.15) is 41.0 Å². The molecule has 0 atom stereocenters. The first-order chi connectivity index (χ1) is 13.9. The van der Waals surface area contributed by atoms with Gasteiger partial charge in [0.2, 0.25) is 0 Å². The van der Waals surface area contributed by atoms with Crippen LogP contribution in [0.2, 0.25) is 0 Å². The molecule has 1 aromatic heterocycles. The number of benzene rings is 1. The third kappa shape index (κ3) is 4.63. The summed E-state index contributed by atoms with van der Waals surface area (Å²) >= 11 is 0. The number of amides is 1. The molecule has 10 heteroatoms. The molecule has 0 saturated heterocycles. The van der Waals surface area contributed by atoms with Crippen LogP contribution in [0.25, 0.3) is 0 Å². The molecule has 158 valence electrons. The zero-order valence-corrected chi connectivity index (χ0v) is 17.8. The monoisotopic (exact) mass is 431 g/mol. The normalized spacial score (nSPS) is 12.3. The number of anilines is 1. The minimum atomic E-state index is -3.91. The van der Waals surface area contributed by atoms with Crippen molar-refractivity contribution in [3.63, 3.8) is 0 Å². The Bertz CT molecular complexity index is 1170. The van der Waals surface area contributed by atoms with Crippen LogP contribution in [0.4, 0.5) is 10.1 Å². The molecular formula is C20H22FN5O3S. The fraction of sp³-hybridized carbons (Fsp3) is 0.300. The first-order valence-electron chi connectivity index (χ1n) is 8.84. The molecule has 2 rings (SSSR count). The van der Waals surface area contributed by atoms with E-state index in [9.17, 15) is 17.6 Å². The highest BCUT2D eigenvalue weighted by Gasteiger charge is 2.38. The number of pyridine rings is 1. The second-order valence-electron chi connectivity index (χ2n) is 7.14. The van der Waals surface area contributed by atoms with E-state index in [0.29, 0.717) is 11.1 Å². The fourth-order valence-electron chi connectivity index (χ4n) is 2.64. The number of nitrogens with two attached hydrogens (primary N) is 1. The lowest BCUT2D eigenvalue weighted by molar-refractivity contribution is 0.102. The Morgan fingerprint density at radius 3 is 2.60 bits per heavy atom. The number of aromatic nitrogens is 1. The molecule has 0 aliphatic carbocycles. The highest BCUT2D eigenvalue weighted by molar-refractivity contribution is 7.92. The molecule has 0 unspecified atom stereocenters. The molecule has 2 aromatic rings. The van der Waals surface area contributed by atoms with Crippen molar-refractivity contribution in [3.8, 4) is 6.07 Å². The molecule has 3 N–H and O–H groups in total. The maximum atomic E-state index is 14.3. The van der Waals surface area contributed by atoms with E-state index in [1.807, 2.05) is 6.07 Å². The largest absolute Gasteiger partial charge is 0.386 e. The fourth-order valence-corrected chi connectivity index (χ4v) is 4.04. The van der Waals surface area contributed by atoms with Crippen LogP contribution in [0.5, 0.6) is 0 Å². The summed E-state index contributed by atoms with van der Waals surface area (Å²) in [6, 6.07) is 7.09. The van der Waals surface area contributed by atoms with Gasteiger partial charge >= 0.3 is 0 Å². The number of carbonyl (C=O) groups is 1. The van der Waals surface area contributed by atoms with E-state index in [0.717, 1.165) is 6.07 Å². The number of hydrogen-bond donors (Lipinski definition) is 2. The van der Waals surface area contributed by atoms with Crippen molar-refractivity contribution in [1.82, 2.24) is 4.98 Å². The molecule has 1 aromatic carbocycles. The molecule has 0 radical (unpaired) electrons. The van der Waals surface area contributed by atoms with Crippen LogP contribution in [0.3, 0.4) is 0 Å². The maximum Gasteiger partial charge on any atom is 0.274 e. The Kier molecular flexibility index (Phi) is 6.57. The van der Waals surface area contributed by atoms with E-state index >= 15 is 0 Å². The summed E-state index contributed by atoms with van der Waals surface area (Å²) in [5, 5.41) is 11.5. The lowest BCUT2D eigenvalue weighted by Gasteiger charge is -2.24. The number of carbonyl (C=O) groups excluding carboxylic acids is 1. The minimum Gasteiger partial charge on any atom is -0.386 e. The summed E-state index contributed by atoms with van der Waals surface area (Å²) in [4.78, 5) is 20.2. The van der Waals surface area contributed by atoms with Gasteiger partial charge in [0.1, 0.15) is 28.2 Å². The van der Waals surface area contributed by atoms with E-state index in [1.165, 1.54) is 45.3 Å². The molecule has 8 nitrogen and oxygen atoms in total. The summed E-state index contributed by atoms with van der Waals surface area (Å²) in [6.07, 6.45) is 1.27. The van der Waals surface area contributed by atoms with Crippen LogP contribution < -0.4 is 11.1 Å². The first-order valence-corrected chi connectivity index (χ1v) is 10.5. The van der Waals surface area contributed by atoms with Gasteiger partial charge in [0.15, 0.2) is 9.84 Å². The van der Waals surface area contributed by atoms with Gasteiger partial charge in [-0.2, -0.15) is 5.26 Å². The summed E-state index contributed by atoms with van der Waals surface area (Å²) in [5.74, 6) is -2.01. The SMILES string of the molecule is CN=C(N)C(C)(C)S(=O)(=O)Cc1cc(NC(=O)c2ncc(C#N)cc2C)ccc1F. The molecule has 0 aliphatic heterocycles. The number of aryl methyl sites for hydroxylation is 1. The average molecular weight is 431 g/mol. The number of hydrogen-bond acceptors (Lipinski definition) is 6. The highest BCUT2D eigenvalue weighted by atomic mass is 32.2. The van der Waals surface area contributed by atoms with E-state index in [4.69, 9.17) is 11.0 Å². The predicted molar refractivity (Wildman–Crippen MR) is 112 cm³/mol. The molecule has 30 heavy (non-hydrogen) atoms. The lowest BCUT2D eigenvalue weighted by Crippen LogP contribution is -2.46. The number of nitriles is 1. The Hall–Kier alpha value is -3.32. The molecule has 1 amide bonds. The topological polar surface area (TPSA) is 138 Å². The standard InChI is InChI=1S/C20H22FN5O3S/c1-12-7-13(9-22)10-25-17(12)18(27)26-15-5-6-16(21)14(8-15)11-30(28,29)20(2,3)19(23)24-4/h5-8,10H,11H2,1-4H3,(H2,23,24)(H,26,27). The molecular weight excluding hydrogens is 409 g/mol. The third-order valence-corrected chi connectivity index (χ3v) is 7.16. The van der Waals surface area contributed by atoms with Crippen molar-refractivity contribution in [2.75, 3.05) is 12.4 Å². The third-order valence-electron chi connectivity index (χ3n) is 4.71. The van der Waals surface area contributed by atoms with Gasteiger partial charge in [-0.25, -0.2) is 17.8 Å². The van der Waals surface area contributed by atoms with E-state index in [-0.39, 0.29) is 22.8 Å². The molecule has 0 aliphatic rings. The van der Waals surface area contributed by atoms with E-state index < -0.39 is 32.1 Å². The van der Waals surface area contributed by atoms with Crippen molar-refractivity contribution in [1.29, 1.82) is 5.26 Å². The Labute approximate surface area is 174 Å². The molecule has 0 spiro atoms. The number of sulfone groups is 1. The quantitative estimate of drug-likeness (QED) is 0.532. The summed E-state index contributed by atoms with van der Waals surface area (Å²) in [6.45, 7) is 4.42. The summed E-state index contributed by atoms with van der Waals surface area (Å²) < 4.78 is 38.4. The van der Waals surface area contributed by atoms with Crippen LogP contribution >= 0.6 is 0 Å². The molecule has 0 saturated carbocycles. The number of aliphatic imine (C=N–C) groups is 1. The number of nitrogens with one attached hydrogen (secondary N) is 1. The van der Waals surface area contributed by atoms with Crippen LogP contribution in [0.15, 0.2) is 35.5 Å². The van der Waals surface area contributed by atoms with Gasteiger partial charge in [-0.05, 0) is 50.6 Å². The Morgan fingerprint density at radius 1 is 1.37 bits per heavy atom.